The fourth-order valence-corrected chi connectivity index (χ4v) is 5.47. The minimum absolute atomic E-state index is 0.0482. The number of rotatable bonds is 9. The van der Waals surface area contributed by atoms with Crippen LogP contribution in [0.25, 0.3) is 0 Å². The molecule has 5 rings (SSSR count). The predicted octanol–water partition coefficient (Wildman–Crippen LogP) is 5.69. The van der Waals surface area contributed by atoms with Crippen molar-refractivity contribution in [3.05, 3.63) is 99.5 Å². The SMILES string of the molecule is CC1OC(C(C)NC(=O)CC(=O)N(c2cc(F)cc(F)c2)C2CN(C(c3ccc(Cl)cc3)c3ccc(Cl)cc3)C2)O1. The number of amides is 2. The summed E-state index contributed by atoms with van der Waals surface area (Å²) < 4.78 is 39.3. The first kappa shape index (κ1) is 29.4. The van der Waals surface area contributed by atoms with E-state index in [0.29, 0.717) is 23.1 Å². The van der Waals surface area contributed by atoms with Crippen LogP contribution in [0.2, 0.25) is 10.0 Å². The number of carbonyl (C=O) groups is 2. The fraction of sp³-hybridized carbons (Fsp3) is 0.333. The number of benzene rings is 3. The molecule has 0 aliphatic carbocycles. The number of nitrogens with zero attached hydrogens (tertiary/aromatic N) is 2. The summed E-state index contributed by atoms with van der Waals surface area (Å²) in [5.41, 5.74) is 2.01. The largest absolute Gasteiger partial charge is 0.348 e. The molecule has 3 aromatic rings. The number of anilines is 1. The zero-order valence-electron chi connectivity index (χ0n) is 22.4. The predicted molar refractivity (Wildman–Crippen MR) is 152 cm³/mol. The maximum Gasteiger partial charge on any atom is 0.236 e. The van der Waals surface area contributed by atoms with E-state index in [1.54, 1.807) is 13.8 Å². The molecular weight excluding hydrogens is 575 g/mol. The van der Waals surface area contributed by atoms with E-state index in [1.165, 1.54) is 4.90 Å². The number of halogens is 4. The second-order valence-electron chi connectivity index (χ2n) is 10.2. The van der Waals surface area contributed by atoms with Gasteiger partial charge in [-0.05, 0) is 61.4 Å². The van der Waals surface area contributed by atoms with E-state index in [1.807, 2.05) is 48.5 Å². The van der Waals surface area contributed by atoms with Crippen LogP contribution in [0.5, 0.6) is 0 Å². The van der Waals surface area contributed by atoms with Crippen LogP contribution in [0.3, 0.4) is 0 Å². The Morgan fingerprint density at radius 1 is 0.951 bits per heavy atom. The highest BCUT2D eigenvalue weighted by molar-refractivity contribution is 6.30. The summed E-state index contributed by atoms with van der Waals surface area (Å²) in [4.78, 5) is 29.7. The van der Waals surface area contributed by atoms with Gasteiger partial charge in [-0.1, -0.05) is 47.5 Å². The van der Waals surface area contributed by atoms with Gasteiger partial charge in [-0.15, -0.1) is 0 Å². The van der Waals surface area contributed by atoms with Crippen molar-refractivity contribution in [2.75, 3.05) is 18.0 Å². The molecule has 2 fully saturated rings. The Labute approximate surface area is 246 Å². The Morgan fingerprint density at radius 3 is 1.95 bits per heavy atom. The lowest BCUT2D eigenvalue weighted by Gasteiger charge is -2.49. The molecule has 1 unspecified atom stereocenters. The molecule has 2 amide bonds. The molecule has 1 N–H and O–H groups in total. The Bertz CT molecular complexity index is 1330. The lowest BCUT2D eigenvalue weighted by atomic mass is 9.92. The van der Waals surface area contributed by atoms with Crippen LogP contribution in [0.15, 0.2) is 66.7 Å². The van der Waals surface area contributed by atoms with E-state index in [4.69, 9.17) is 32.7 Å². The van der Waals surface area contributed by atoms with Crippen LogP contribution in [-0.4, -0.2) is 54.5 Å². The molecule has 2 aliphatic rings. The Hall–Kier alpha value is -3.08. The minimum atomic E-state index is -0.819. The number of nitrogens with one attached hydrogen (secondary N) is 1. The summed E-state index contributed by atoms with van der Waals surface area (Å²) in [6.45, 7) is 4.21. The lowest BCUT2D eigenvalue weighted by Crippen LogP contribution is -2.62. The summed E-state index contributed by atoms with van der Waals surface area (Å²) in [5, 5.41) is 3.91. The average Bonchev–Trinajstić information content (AvgIpc) is 2.86. The Balaban J connectivity index is 1.35. The fourth-order valence-electron chi connectivity index (χ4n) is 5.22. The first-order valence-electron chi connectivity index (χ1n) is 13.2. The zero-order chi connectivity index (χ0) is 29.3. The number of likely N-dealkylation sites (tertiary alicyclic amines) is 1. The van der Waals surface area contributed by atoms with Crippen molar-refractivity contribution < 1.29 is 27.8 Å². The second-order valence-corrected chi connectivity index (χ2v) is 11.1. The van der Waals surface area contributed by atoms with Crippen molar-refractivity contribution in [3.63, 3.8) is 0 Å². The third-order valence-corrected chi connectivity index (χ3v) is 7.65. The molecule has 2 saturated heterocycles. The molecule has 7 nitrogen and oxygen atoms in total. The van der Waals surface area contributed by atoms with Gasteiger partial charge in [0.05, 0.1) is 18.1 Å². The van der Waals surface area contributed by atoms with Crippen LogP contribution in [0.4, 0.5) is 14.5 Å². The zero-order valence-corrected chi connectivity index (χ0v) is 23.9. The van der Waals surface area contributed by atoms with Crippen molar-refractivity contribution in [1.29, 1.82) is 0 Å². The number of hydrogen-bond acceptors (Lipinski definition) is 5. The Kier molecular flexibility index (Phi) is 8.91. The molecule has 2 aliphatic heterocycles. The van der Waals surface area contributed by atoms with Gasteiger partial charge in [-0.3, -0.25) is 14.5 Å². The van der Waals surface area contributed by atoms with E-state index in [2.05, 4.69) is 10.2 Å². The van der Waals surface area contributed by atoms with Gasteiger partial charge >= 0.3 is 0 Å². The summed E-state index contributed by atoms with van der Waals surface area (Å²) in [5.74, 6) is -2.77. The lowest BCUT2D eigenvalue weighted by molar-refractivity contribution is -0.381. The number of ether oxygens (including phenoxy) is 2. The van der Waals surface area contributed by atoms with Crippen LogP contribution in [0, 0.1) is 11.6 Å². The molecule has 0 spiro atoms. The highest BCUT2D eigenvalue weighted by Crippen LogP contribution is 2.36. The van der Waals surface area contributed by atoms with Gasteiger partial charge in [0.25, 0.3) is 0 Å². The summed E-state index contributed by atoms with van der Waals surface area (Å²) in [6.07, 6.45) is -1.47. The molecular formula is C30H29Cl2F2N3O4. The van der Waals surface area contributed by atoms with Crippen LogP contribution < -0.4 is 10.2 Å². The van der Waals surface area contributed by atoms with Gasteiger partial charge in [-0.2, -0.15) is 0 Å². The molecule has 216 valence electrons. The molecule has 0 bridgehead atoms. The van der Waals surface area contributed by atoms with Crippen molar-refractivity contribution in [2.45, 2.75) is 51.0 Å². The quantitative estimate of drug-likeness (QED) is 0.318. The van der Waals surface area contributed by atoms with Gasteiger partial charge in [0, 0.05) is 34.9 Å². The van der Waals surface area contributed by atoms with Gasteiger partial charge in [0.2, 0.25) is 11.8 Å². The van der Waals surface area contributed by atoms with E-state index < -0.39 is 48.2 Å². The molecule has 0 saturated carbocycles. The first-order valence-corrected chi connectivity index (χ1v) is 14.0. The highest BCUT2D eigenvalue weighted by atomic mass is 35.5. The standard InChI is InChI=1S/C30H29Cl2F2N3O4/c1-17(30-40-18(2)41-30)35-27(38)14-28(39)37(25-12-23(33)11-24(34)13-25)26-15-36(16-26)29(19-3-7-21(31)8-4-19)20-5-9-22(32)10-6-20/h3-13,17-18,26,29-30H,14-16H2,1-2H3,(H,35,38). The molecule has 2 heterocycles. The smallest absolute Gasteiger partial charge is 0.236 e. The first-order chi connectivity index (χ1) is 19.6. The second kappa shape index (κ2) is 12.4. The van der Waals surface area contributed by atoms with E-state index >= 15 is 0 Å². The average molecular weight is 604 g/mol. The number of carbonyl (C=O) groups excluding carboxylic acids is 2. The summed E-state index contributed by atoms with van der Waals surface area (Å²) in [6, 6.07) is 16.8. The monoisotopic (exact) mass is 603 g/mol. The number of hydrogen-bond donors (Lipinski definition) is 1. The van der Waals surface area contributed by atoms with E-state index in [-0.39, 0.29) is 18.0 Å². The topological polar surface area (TPSA) is 71.1 Å². The van der Waals surface area contributed by atoms with Crippen LogP contribution in [0.1, 0.15) is 37.4 Å². The Morgan fingerprint density at radius 2 is 1.46 bits per heavy atom. The van der Waals surface area contributed by atoms with Crippen molar-refractivity contribution in [2.24, 2.45) is 0 Å². The molecule has 1 atom stereocenters. The van der Waals surface area contributed by atoms with Crippen molar-refractivity contribution in [3.8, 4) is 0 Å². The van der Waals surface area contributed by atoms with Gasteiger partial charge in [-0.25, -0.2) is 8.78 Å². The normalized spacial score (nSPS) is 19.8. The molecule has 41 heavy (non-hydrogen) atoms. The third kappa shape index (κ3) is 6.88. The third-order valence-electron chi connectivity index (χ3n) is 7.15. The van der Waals surface area contributed by atoms with Crippen molar-refractivity contribution in [1.82, 2.24) is 10.2 Å². The molecule has 0 radical (unpaired) electrons. The molecule has 3 aromatic carbocycles. The molecule has 0 aromatic heterocycles. The van der Waals surface area contributed by atoms with E-state index in [9.17, 15) is 18.4 Å². The van der Waals surface area contributed by atoms with Gasteiger partial charge in [0.1, 0.15) is 18.1 Å². The highest BCUT2D eigenvalue weighted by Gasteiger charge is 2.41. The summed E-state index contributed by atoms with van der Waals surface area (Å²) >= 11 is 12.3. The van der Waals surface area contributed by atoms with Crippen LogP contribution in [-0.2, 0) is 19.1 Å². The van der Waals surface area contributed by atoms with Gasteiger partial charge in [0.15, 0.2) is 12.6 Å². The maximum absolute atomic E-state index is 14.2. The molecule has 11 heteroatoms. The maximum atomic E-state index is 14.2. The van der Waals surface area contributed by atoms with Crippen molar-refractivity contribution >= 4 is 40.7 Å². The van der Waals surface area contributed by atoms with E-state index in [0.717, 1.165) is 29.3 Å². The summed E-state index contributed by atoms with van der Waals surface area (Å²) in [7, 11) is 0. The van der Waals surface area contributed by atoms with Crippen LogP contribution >= 0.6 is 23.2 Å². The van der Waals surface area contributed by atoms with Gasteiger partial charge < -0.3 is 19.7 Å². The minimum Gasteiger partial charge on any atom is -0.348 e.